The molecule has 1 unspecified atom stereocenters. The van der Waals surface area contributed by atoms with Crippen molar-refractivity contribution in [2.24, 2.45) is 5.41 Å². The number of nitrogens with one attached hydrogen (secondary N) is 1. The molecule has 0 aliphatic heterocycles. The molecule has 16 heavy (non-hydrogen) atoms. The average Bonchev–Trinajstić information content (AvgIpc) is 2.09. The third-order valence-electron chi connectivity index (χ3n) is 2.70. The number of amides is 1. The molecule has 0 bridgehead atoms. The van der Waals surface area contributed by atoms with Crippen LogP contribution in [0.25, 0.3) is 0 Å². The number of alkyl halides is 3. The predicted octanol–water partition coefficient (Wildman–Crippen LogP) is 2.93. The summed E-state index contributed by atoms with van der Waals surface area (Å²) in [4.78, 5) is 10.9. The smallest absolute Gasteiger partial charge is 0.330 e. The standard InChI is InChI=1S/C11H14F3NO/c1-7-4-5-10(3,11(12,13)14)6-9(7)15-8(2)16/h4-5H,6H2,1-3H3,(H,15,16). The Balaban J connectivity index is 2.98. The van der Waals surface area contributed by atoms with E-state index in [4.69, 9.17) is 0 Å². The summed E-state index contributed by atoms with van der Waals surface area (Å²) in [7, 11) is 0. The molecule has 0 saturated heterocycles. The van der Waals surface area contributed by atoms with Crippen LogP contribution in [0.3, 0.4) is 0 Å². The predicted molar refractivity (Wildman–Crippen MR) is 54.4 cm³/mol. The molecule has 0 saturated carbocycles. The Bertz CT molecular complexity index is 368. The molecule has 2 nitrogen and oxygen atoms in total. The summed E-state index contributed by atoms with van der Waals surface area (Å²) >= 11 is 0. The minimum Gasteiger partial charge on any atom is -0.330 e. The Morgan fingerprint density at radius 3 is 2.50 bits per heavy atom. The second kappa shape index (κ2) is 3.96. The van der Waals surface area contributed by atoms with Gasteiger partial charge < -0.3 is 5.32 Å². The summed E-state index contributed by atoms with van der Waals surface area (Å²) in [5, 5.41) is 2.45. The Kier molecular flexibility index (Phi) is 3.17. The zero-order valence-corrected chi connectivity index (χ0v) is 9.40. The molecule has 5 heteroatoms. The highest BCUT2D eigenvalue weighted by molar-refractivity contribution is 5.75. The van der Waals surface area contributed by atoms with Gasteiger partial charge in [-0.1, -0.05) is 12.2 Å². The van der Waals surface area contributed by atoms with Gasteiger partial charge in [-0.05, 0) is 19.4 Å². The summed E-state index contributed by atoms with van der Waals surface area (Å²) in [6, 6.07) is 0. The Morgan fingerprint density at radius 1 is 1.50 bits per heavy atom. The van der Waals surface area contributed by atoms with E-state index >= 15 is 0 Å². The summed E-state index contributed by atoms with van der Waals surface area (Å²) < 4.78 is 38.3. The molecule has 0 aromatic carbocycles. The van der Waals surface area contributed by atoms with Gasteiger partial charge in [-0.2, -0.15) is 13.2 Å². The third-order valence-corrected chi connectivity index (χ3v) is 2.70. The van der Waals surface area contributed by atoms with Crippen LogP contribution in [0.5, 0.6) is 0 Å². The van der Waals surface area contributed by atoms with Crippen molar-refractivity contribution in [1.82, 2.24) is 5.32 Å². The van der Waals surface area contributed by atoms with Crippen molar-refractivity contribution in [3.05, 3.63) is 23.4 Å². The van der Waals surface area contributed by atoms with Gasteiger partial charge in [-0.15, -0.1) is 0 Å². The second-order valence-electron chi connectivity index (χ2n) is 4.27. The average molecular weight is 233 g/mol. The number of allylic oxidation sites excluding steroid dienone is 4. The number of halogens is 3. The molecule has 1 N–H and O–H groups in total. The van der Waals surface area contributed by atoms with Crippen LogP contribution < -0.4 is 5.32 Å². The van der Waals surface area contributed by atoms with E-state index in [0.29, 0.717) is 11.3 Å². The van der Waals surface area contributed by atoms with E-state index in [-0.39, 0.29) is 12.3 Å². The van der Waals surface area contributed by atoms with Crippen molar-refractivity contribution in [3.8, 4) is 0 Å². The SMILES string of the molecule is CC(=O)NC1=C(C)C=CC(C)(C(F)(F)F)C1. The first-order valence-electron chi connectivity index (χ1n) is 4.89. The van der Waals surface area contributed by atoms with E-state index in [1.54, 1.807) is 6.92 Å². The van der Waals surface area contributed by atoms with Crippen molar-refractivity contribution >= 4 is 5.91 Å². The lowest BCUT2D eigenvalue weighted by atomic mass is 9.79. The summed E-state index contributed by atoms with van der Waals surface area (Å²) in [5.41, 5.74) is -0.892. The lowest BCUT2D eigenvalue weighted by Gasteiger charge is -2.33. The van der Waals surface area contributed by atoms with Gasteiger partial charge in [0.15, 0.2) is 0 Å². The molecular formula is C11H14F3NO. The maximum absolute atomic E-state index is 12.8. The number of hydrogen-bond acceptors (Lipinski definition) is 1. The van der Waals surface area contributed by atoms with Gasteiger partial charge in [0.1, 0.15) is 0 Å². The van der Waals surface area contributed by atoms with Crippen molar-refractivity contribution < 1.29 is 18.0 Å². The molecule has 0 aromatic heterocycles. The highest BCUT2D eigenvalue weighted by Crippen LogP contribution is 2.46. The van der Waals surface area contributed by atoms with Crippen LogP contribution in [0.4, 0.5) is 13.2 Å². The third kappa shape index (κ3) is 2.46. The topological polar surface area (TPSA) is 29.1 Å². The van der Waals surface area contributed by atoms with Crippen molar-refractivity contribution in [2.75, 3.05) is 0 Å². The Morgan fingerprint density at radius 2 is 2.06 bits per heavy atom. The minimum atomic E-state index is -4.31. The van der Waals surface area contributed by atoms with Gasteiger partial charge in [0, 0.05) is 19.0 Å². The van der Waals surface area contributed by atoms with Crippen LogP contribution in [0.15, 0.2) is 23.4 Å². The first-order valence-corrected chi connectivity index (χ1v) is 4.89. The van der Waals surface area contributed by atoms with Gasteiger partial charge in [-0.25, -0.2) is 0 Å². The van der Waals surface area contributed by atoms with Crippen LogP contribution in [0.1, 0.15) is 27.2 Å². The normalized spacial score (nSPS) is 25.9. The molecule has 0 fully saturated rings. The zero-order valence-electron chi connectivity index (χ0n) is 9.40. The molecule has 1 aliphatic rings. The van der Waals surface area contributed by atoms with Crippen LogP contribution in [0, 0.1) is 5.41 Å². The van der Waals surface area contributed by atoms with Gasteiger partial charge in [0.25, 0.3) is 0 Å². The molecule has 0 heterocycles. The molecule has 1 aliphatic carbocycles. The summed E-state index contributed by atoms with van der Waals surface area (Å²) in [6.07, 6.45) is -1.98. The van der Waals surface area contributed by atoms with E-state index in [1.807, 2.05) is 0 Å². The minimum absolute atomic E-state index is 0.224. The maximum atomic E-state index is 12.8. The van der Waals surface area contributed by atoms with E-state index in [9.17, 15) is 18.0 Å². The fourth-order valence-electron chi connectivity index (χ4n) is 1.53. The number of carbonyl (C=O) groups excluding carboxylic acids is 1. The van der Waals surface area contributed by atoms with Crippen LogP contribution in [-0.4, -0.2) is 12.1 Å². The summed E-state index contributed by atoms with van der Waals surface area (Å²) in [6.45, 7) is 4.08. The van der Waals surface area contributed by atoms with Gasteiger partial charge in [0.2, 0.25) is 5.91 Å². The first kappa shape index (κ1) is 12.8. The highest BCUT2D eigenvalue weighted by atomic mass is 19.4. The molecule has 1 atom stereocenters. The van der Waals surface area contributed by atoms with Gasteiger partial charge in [0.05, 0.1) is 5.41 Å². The van der Waals surface area contributed by atoms with Crippen molar-refractivity contribution in [1.29, 1.82) is 0 Å². The first-order chi connectivity index (χ1) is 7.16. The van der Waals surface area contributed by atoms with Gasteiger partial charge in [-0.3, -0.25) is 4.79 Å². The zero-order chi connectivity index (χ0) is 12.6. The summed E-state index contributed by atoms with van der Waals surface area (Å²) in [5.74, 6) is -0.353. The molecule has 0 aromatic rings. The lowest BCUT2D eigenvalue weighted by Crippen LogP contribution is -2.38. The molecule has 1 amide bonds. The number of carbonyl (C=O) groups is 1. The lowest BCUT2D eigenvalue weighted by molar-refractivity contribution is -0.200. The maximum Gasteiger partial charge on any atom is 0.397 e. The van der Waals surface area contributed by atoms with E-state index < -0.39 is 11.6 Å². The largest absolute Gasteiger partial charge is 0.397 e. The molecule has 0 spiro atoms. The number of rotatable bonds is 1. The Hall–Kier alpha value is -1.26. The fraction of sp³-hybridized carbons (Fsp3) is 0.545. The molecule has 0 radical (unpaired) electrons. The molecular weight excluding hydrogens is 219 g/mol. The second-order valence-corrected chi connectivity index (χ2v) is 4.27. The van der Waals surface area contributed by atoms with Crippen LogP contribution >= 0.6 is 0 Å². The molecule has 90 valence electrons. The number of hydrogen-bond donors (Lipinski definition) is 1. The fourth-order valence-corrected chi connectivity index (χ4v) is 1.53. The Labute approximate surface area is 92.2 Å². The molecule has 1 rings (SSSR count). The van der Waals surface area contributed by atoms with E-state index in [2.05, 4.69) is 5.32 Å². The van der Waals surface area contributed by atoms with Gasteiger partial charge >= 0.3 is 6.18 Å². The monoisotopic (exact) mass is 233 g/mol. The quantitative estimate of drug-likeness (QED) is 0.741. The van der Waals surface area contributed by atoms with Crippen molar-refractivity contribution in [3.63, 3.8) is 0 Å². The van der Waals surface area contributed by atoms with Crippen molar-refractivity contribution in [2.45, 2.75) is 33.4 Å². The van der Waals surface area contributed by atoms with E-state index in [1.165, 1.54) is 13.0 Å². The highest BCUT2D eigenvalue weighted by Gasteiger charge is 2.50. The van der Waals surface area contributed by atoms with E-state index in [0.717, 1.165) is 13.0 Å². The van der Waals surface area contributed by atoms with Crippen LogP contribution in [0.2, 0.25) is 0 Å². The van der Waals surface area contributed by atoms with Crippen LogP contribution in [-0.2, 0) is 4.79 Å².